The first-order valence-electron chi connectivity index (χ1n) is 9.82. The van der Waals surface area contributed by atoms with Crippen molar-refractivity contribution in [1.29, 1.82) is 0 Å². The third kappa shape index (κ3) is 4.42. The lowest BCUT2D eigenvalue weighted by Crippen LogP contribution is -2.29. The third-order valence-electron chi connectivity index (χ3n) is 5.15. The summed E-state index contributed by atoms with van der Waals surface area (Å²) in [5, 5.41) is 8.21. The van der Waals surface area contributed by atoms with Gasteiger partial charge < -0.3 is 5.32 Å². The zero-order chi connectivity index (χ0) is 21.3. The lowest BCUT2D eigenvalue weighted by atomic mass is 10.2. The molecular weight excluding hydrogens is 394 g/mol. The Morgan fingerprint density at radius 3 is 2.63 bits per heavy atom. The van der Waals surface area contributed by atoms with E-state index < -0.39 is 0 Å². The van der Waals surface area contributed by atoms with E-state index in [2.05, 4.69) is 35.5 Å². The number of anilines is 1. The lowest BCUT2D eigenvalue weighted by Gasteiger charge is -2.16. The van der Waals surface area contributed by atoms with Crippen molar-refractivity contribution in [2.75, 3.05) is 18.9 Å². The van der Waals surface area contributed by atoms with Crippen LogP contribution in [0.3, 0.4) is 0 Å². The summed E-state index contributed by atoms with van der Waals surface area (Å²) < 4.78 is 3.03. The Morgan fingerprint density at radius 1 is 1.17 bits per heavy atom. The van der Waals surface area contributed by atoms with Crippen LogP contribution in [0.2, 0.25) is 0 Å². The Morgan fingerprint density at radius 2 is 1.93 bits per heavy atom. The van der Waals surface area contributed by atoms with Crippen molar-refractivity contribution >= 4 is 33.1 Å². The highest BCUT2D eigenvalue weighted by molar-refractivity contribution is 7.21. The Bertz CT molecular complexity index is 1190. The summed E-state index contributed by atoms with van der Waals surface area (Å²) in [4.78, 5) is 19.1. The Balaban J connectivity index is 1.37. The van der Waals surface area contributed by atoms with Crippen LogP contribution < -0.4 is 5.32 Å². The van der Waals surface area contributed by atoms with Crippen LogP contribution in [0.25, 0.3) is 20.8 Å². The van der Waals surface area contributed by atoms with Gasteiger partial charge in [-0.1, -0.05) is 6.07 Å². The number of hydrogen-bond acceptors (Lipinski definition) is 5. The molecule has 30 heavy (non-hydrogen) atoms. The van der Waals surface area contributed by atoms with Crippen LogP contribution in [-0.4, -0.2) is 39.2 Å². The molecular formula is C23H25N5OS. The van der Waals surface area contributed by atoms with Crippen molar-refractivity contribution in [2.45, 2.75) is 20.4 Å². The van der Waals surface area contributed by atoms with E-state index in [-0.39, 0.29) is 5.91 Å². The molecule has 2 aromatic carbocycles. The quantitative estimate of drug-likeness (QED) is 0.504. The number of carbonyl (C=O) groups is 1. The highest BCUT2D eigenvalue weighted by Gasteiger charge is 2.12. The minimum absolute atomic E-state index is 0.0396. The number of aryl methyl sites for hydroxylation is 2. The first-order valence-corrected chi connectivity index (χ1v) is 10.6. The van der Waals surface area contributed by atoms with E-state index in [1.54, 1.807) is 11.3 Å². The number of benzene rings is 2. The molecule has 0 bridgehead atoms. The van der Waals surface area contributed by atoms with Crippen molar-refractivity contribution in [1.82, 2.24) is 19.7 Å². The summed E-state index contributed by atoms with van der Waals surface area (Å²) in [5.74, 6) is -0.0396. The third-order valence-corrected chi connectivity index (χ3v) is 6.22. The van der Waals surface area contributed by atoms with E-state index in [0.29, 0.717) is 13.1 Å². The number of nitrogens with one attached hydrogen (secondary N) is 1. The van der Waals surface area contributed by atoms with Crippen LogP contribution in [0.4, 0.5) is 5.69 Å². The van der Waals surface area contributed by atoms with Crippen molar-refractivity contribution in [3.05, 3.63) is 65.5 Å². The smallest absolute Gasteiger partial charge is 0.238 e. The monoisotopic (exact) mass is 419 g/mol. The van der Waals surface area contributed by atoms with Gasteiger partial charge in [0.05, 0.1) is 23.0 Å². The van der Waals surface area contributed by atoms with E-state index >= 15 is 0 Å². The fourth-order valence-electron chi connectivity index (χ4n) is 3.34. The first-order chi connectivity index (χ1) is 14.4. The minimum Gasteiger partial charge on any atom is -0.325 e. The maximum atomic E-state index is 12.4. The molecule has 2 aromatic heterocycles. The molecule has 0 radical (unpaired) electrons. The number of rotatable bonds is 6. The van der Waals surface area contributed by atoms with Gasteiger partial charge in [-0.2, -0.15) is 5.10 Å². The first kappa shape index (κ1) is 20.3. The van der Waals surface area contributed by atoms with Gasteiger partial charge >= 0.3 is 0 Å². The highest BCUT2D eigenvalue weighted by Crippen LogP contribution is 2.31. The summed E-state index contributed by atoms with van der Waals surface area (Å²) in [7, 11) is 3.86. The fraction of sp³-hybridized carbons (Fsp3) is 0.261. The van der Waals surface area contributed by atoms with Gasteiger partial charge in [0.25, 0.3) is 0 Å². The molecule has 154 valence electrons. The number of carbonyl (C=O) groups excluding carboxylic acids is 1. The number of aromatic nitrogens is 3. The molecule has 0 atom stereocenters. The van der Waals surface area contributed by atoms with Crippen molar-refractivity contribution < 1.29 is 4.79 Å². The summed E-state index contributed by atoms with van der Waals surface area (Å²) >= 11 is 1.68. The zero-order valence-electron chi connectivity index (χ0n) is 17.6. The molecule has 0 aliphatic carbocycles. The zero-order valence-corrected chi connectivity index (χ0v) is 18.5. The molecule has 0 unspecified atom stereocenters. The molecule has 1 amide bonds. The maximum Gasteiger partial charge on any atom is 0.238 e. The van der Waals surface area contributed by atoms with Gasteiger partial charge in [0.1, 0.15) is 5.01 Å². The lowest BCUT2D eigenvalue weighted by molar-refractivity contribution is -0.117. The molecule has 0 aliphatic heterocycles. The predicted molar refractivity (Wildman–Crippen MR) is 123 cm³/mol. The fourth-order valence-corrected chi connectivity index (χ4v) is 4.41. The van der Waals surface area contributed by atoms with E-state index in [0.717, 1.165) is 33.0 Å². The molecule has 4 rings (SSSR count). The number of thiazole rings is 1. The van der Waals surface area contributed by atoms with Gasteiger partial charge in [-0.15, -0.1) is 11.3 Å². The summed E-state index contributed by atoms with van der Waals surface area (Å²) in [6.07, 6.45) is 1.85. The molecule has 6 nitrogen and oxygen atoms in total. The maximum absolute atomic E-state index is 12.4. The number of likely N-dealkylation sites (N-methyl/N-ethyl adjacent to an activating group) is 1. The average Bonchev–Trinajstić information content (AvgIpc) is 3.26. The molecule has 7 heteroatoms. The second-order valence-corrected chi connectivity index (χ2v) is 8.70. The second kappa shape index (κ2) is 8.38. The van der Waals surface area contributed by atoms with E-state index in [4.69, 9.17) is 4.98 Å². The van der Waals surface area contributed by atoms with Crippen LogP contribution >= 0.6 is 11.3 Å². The van der Waals surface area contributed by atoms with Gasteiger partial charge in [-0.3, -0.25) is 14.4 Å². The molecule has 0 saturated heterocycles. The minimum atomic E-state index is -0.0396. The van der Waals surface area contributed by atoms with Crippen molar-refractivity contribution in [2.24, 2.45) is 7.05 Å². The topological polar surface area (TPSA) is 63.1 Å². The number of fused-ring (bicyclic) bond motifs is 1. The van der Waals surface area contributed by atoms with Crippen LogP contribution in [-0.2, 0) is 18.4 Å². The van der Waals surface area contributed by atoms with E-state index in [9.17, 15) is 4.79 Å². The largest absolute Gasteiger partial charge is 0.325 e. The van der Waals surface area contributed by atoms with Crippen LogP contribution in [0.1, 0.15) is 16.8 Å². The highest BCUT2D eigenvalue weighted by atomic mass is 32.1. The molecule has 0 fully saturated rings. The van der Waals surface area contributed by atoms with E-state index in [1.807, 2.05) is 61.1 Å². The van der Waals surface area contributed by atoms with Crippen LogP contribution in [0, 0.1) is 13.8 Å². The van der Waals surface area contributed by atoms with Crippen LogP contribution in [0.5, 0.6) is 0 Å². The standard InChI is InChI=1S/C23H25N5OS/c1-15-5-10-20-21(11-15)30-23(26-20)17-6-8-19(9-7-17)25-22(29)14-27(3)13-18-12-24-28(4)16(18)2/h5-12H,13-14H2,1-4H3,(H,25,29). The second-order valence-electron chi connectivity index (χ2n) is 7.67. The molecule has 0 aliphatic rings. The normalized spacial score (nSPS) is 11.4. The summed E-state index contributed by atoms with van der Waals surface area (Å²) in [6, 6.07) is 14.2. The molecule has 0 saturated carbocycles. The summed E-state index contributed by atoms with van der Waals surface area (Å²) in [5.41, 5.74) is 6.33. The molecule has 1 N–H and O–H groups in total. The molecule has 2 heterocycles. The average molecular weight is 420 g/mol. The van der Waals surface area contributed by atoms with Crippen molar-refractivity contribution in [3.63, 3.8) is 0 Å². The number of nitrogens with zero attached hydrogens (tertiary/aromatic N) is 4. The Kier molecular flexibility index (Phi) is 5.65. The van der Waals surface area contributed by atoms with Gasteiger partial charge in [0.2, 0.25) is 5.91 Å². The van der Waals surface area contributed by atoms with Crippen LogP contribution in [0.15, 0.2) is 48.7 Å². The van der Waals surface area contributed by atoms with Gasteiger partial charge in [0, 0.05) is 36.1 Å². The van der Waals surface area contributed by atoms with Gasteiger partial charge in [-0.05, 0) is 62.9 Å². The van der Waals surface area contributed by atoms with Gasteiger partial charge in [0.15, 0.2) is 0 Å². The Labute approximate surface area is 180 Å². The SMILES string of the molecule is Cc1ccc2nc(-c3ccc(NC(=O)CN(C)Cc4cnn(C)c4C)cc3)sc2c1. The molecule has 4 aromatic rings. The summed E-state index contributed by atoms with van der Waals surface area (Å²) in [6.45, 7) is 5.12. The number of hydrogen-bond donors (Lipinski definition) is 1. The van der Waals surface area contributed by atoms with E-state index in [1.165, 1.54) is 10.3 Å². The van der Waals surface area contributed by atoms with Crippen molar-refractivity contribution in [3.8, 4) is 10.6 Å². The number of amides is 1. The predicted octanol–water partition coefficient (Wildman–Crippen LogP) is 4.38. The molecule has 0 spiro atoms. The van der Waals surface area contributed by atoms with Gasteiger partial charge in [-0.25, -0.2) is 4.98 Å². The Hall–Kier alpha value is -3.03.